The van der Waals surface area contributed by atoms with Crippen LogP contribution in [0.15, 0.2) is 53.5 Å². The molecule has 120 valence electrons. The number of hydrogen-bond acceptors (Lipinski definition) is 4. The van der Waals surface area contributed by atoms with Crippen molar-refractivity contribution in [2.45, 2.75) is 26.5 Å². The molecule has 0 fully saturated rings. The lowest BCUT2D eigenvalue weighted by Crippen LogP contribution is -2.24. The Kier molecular flexibility index (Phi) is 5.28. The summed E-state index contributed by atoms with van der Waals surface area (Å²) in [5.41, 5.74) is 1.40. The van der Waals surface area contributed by atoms with E-state index < -0.39 is 12.1 Å². The number of benzene rings is 1. The first-order chi connectivity index (χ1) is 10.9. The van der Waals surface area contributed by atoms with Gasteiger partial charge in [0, 0.05) is 11.8 Å². The predicted molar refractivity (Wildman–Crippen MR) is 91.7 cm³/mol. The molecule has 1 atom stereocenters. The first-order valence-electron chi connectivity index (χ1n) is 7.14. The van der Waals surface area contributed by atoms with Crippen LogP contribution in [0.4, 0.5) is 0 Å². The molecule has 1 heterocycles. The number of rotatable bonds is 5. The largest absolute Gasteiger partial charge is 0.457 e. The van der Waals surface area contributed by atoms with Gasteiger partial charge in [-0.15, -0.1) is 0 Å². The second-order valence-electron chi connectivity index (χ2n) is 5.32. The number of ether oxygens (including phenoxy) is 1. The zero-order chi connectivity index (χ0) is 17.0. The predicted octanol–water partition coefficient (Wildman–Crippen LogP) is 3.08. The Balaban J connectivity index is 2.30. The molecular formula is C17H18N2O3S. The molecule has 6 heteroatoms. The summed E-state index contributed by atoms with van der Waals surface area (Å²) >= 11 is 5.18. The van der Waals surface area contributed by atoms with Crippen LogP contribution in [-0.4, -0.2) is 21.6 Å². The smallest absolute Gasteiger partial charge is 0.333 e. The molecule has 0 aliphatic carbocycles. The number of aromatic nitrogens is 2. The lowest BCUT2D eigenvalue weighted by molar-refractivity contribution is -0.143. The summed E-state index contributed by atoms with van der Waals surface area (Å²) in [6.45, 7) is 7.24. The van der Waals surface area contributed by atoms with E-state index in [9.17, 15) is 9.59 Å². The first-order valence-corrected chi connectivity index (χ1v) is 7.55. The van der Waals surface area contributed by atoms with E-state index in [2.05, 4.69) is 11.6 Å². The van der Waals surface area contributed by atoms with Crippen LogP contribution in [0.2, 0.25) is 0 Å². The van der Waals surface area contributed by atoms with Gasteiger partial charge in [0.05, 0.1) is 12.1 Å². The van der Waals surface area contributed by atoms with Crippen LogP contribution < -0.4 is 5.56 Å². The van der Waals surface area contributed by atoms with Crippen molar-refractivity contribution in [3.05, 3.63) is 63.8 Å². The molecule has 0 radical (unpaired) electrons. The second-order valence-corrected chi connectivity index (χ2v) is 5.70. The standard InChI is InChI=1S/C17H18N2O3S/c1-11(2)16(21)22-12(3)9-19-10-14(15(20)18-17(19)23)13-7-5-4-6-8-13/h4-8,10,12H,1,9H2,2-3H3,(H,18,20,23). The third kappa shape index (κ3) is 4.26. The minimum absolute atomic E-state index is 0.246. The van der Waals surface area contributed by atoms with Gasteiger partial charge in [0.25, 0.3) is 5.56 Å². The van der Waals surface area contributed by atoms with E-state index >= 15 is 0 Å². The van der Waals surface area contributed by atoms with Gasteiger partial charge in [0.1, 0.15) is 6.10 Å². The molecule has 5 nitrogen and oxygen atoms in total. The molecule has 0 spiro atoms. The Morgan fingerprint density at radius 3 is 2.65 bits per heavy atom. The van der Waals surface area contributed by atoms with Crippen LogP contribution in [0.25, 0.3) is 11.1 Å². The average molecular weight is 330 g/mol. The van der Waals surface area contributed by atoms with Crippen molar-refractivity contribution in [3.63, 3.8) is 0 Å². The van der Waals surface area contributed by atoms with Crippen molar-refractivity contribution in [2.24, 2.45) is 0 Å². The van der Waals surface area contributed by atoms with Gasteiger partial charge in [0.2, 0.25) is 0 Å². The molecule has 1 N–H and O–H groups in total. The molecule has 23 heavy (non-hydrogen) atoms. The van der Waals surface area contributed by atoms with Crippen molar-refractivity contribution in [2.75, 3.05) is 0 Å². The SMILES string of the molecule is C=C(C)C(=O)OC(C)Cn1cc(-c2ccccc2)c(=O)[nH]c1=S. The maximum atomic E-state index is 12.1. The zero-order valence-corrected chi connectivity index (χ0v) is 13.9. The summed E-state index contributed by atoms with van der Waals surface area (Å²) in [6, 6.07) is 9.30. The minimum Gasteiger partial charge on any atom is -0.457 e. The third-order valence-electron chi connectivity index (χ3n) is 3.21. The van der Waals surface area contributed by atoms with E-state index in [4.69, 9.17) is 17.0 Å². The number of carbonyl (C=O) groups is 1. The first kappa shape index (κ1) is 16.9. The number of aromatic amines is 1. The molecular weight excluding hydrogens is 312 g/mol. The maximum Gasteiger partial charge on any atom is 0.333 e. The summed E-state index contributed by atoms with van der Waals surface area (Å²) in [4.78, 5) is 26.3. The highest BCUT2D eigenvalue weighted by molar-refractivity contribution is 7.71. The monoisotopic (exact) mass is 330 g/mol. The molecule has 1 unspecified atom stereocenters. The van der Waals surface area contributed by atoms with E-state index in [-0.39, 0.29) is 10.3 Å². The summed E-state index contributed by atoms with van der Waals surface area (Å²) in [5.74, 6) is -0.447. The van der Waals surface area contributed by atoms with Crippen molar-refractivity contribution < 1.29 is 9.53 Å². The highest BCUT2D eigenvalue weighted by Gasteiger charge is 2.12. The maximum absolute atomic E-state index is 12.1. The van der Waals surface area contributed by atoms with Crippen LogP contribution in [0, 0.1) is 4.77 Å². The number of H-pyrrole nitrogens is 1. The van der Waals surface area contributed by atoms with E-state index in [0.717, 1.165) is 5.56 Å². The van der Waals surface area contributed by atoms with Crippen LogP contribution >= 0.6 is 12.2 Å². The van der Waals surface area contributed by atoms with Crippen LogP contribution in [0.3, 0.4) is 0 Å². The van der Waals surface area contributed by atoms with Crippen molar-refractivity contribution in [1.82, 2.24) is 9.55 Å². The number of nitrogens with one attached hydrogen (secondary N) is 1. The van der Waals surface area contributed by atoms with Gasteiger partial charge in [-0.05, 0) is 31.6 Å². The average Bonchev–Trinajstić information content (AvgIpc) is 2.50. The van der Waals surface area contributed by atoms with Gasteiger partial charge in [-0.1, -0.05) is 36.9 Å². The molecule has 0 aliphatic heterocycles. The normalized spacial score (nSPS) is 11.7. The highest BCUT2D eigenvalue weighted by Crippen LogP contribution is 2.14. The van der Waals surface area contributed by atoms with E-state index in [0.29, 0.717) is 17.7 Å². The Hall–Kier alpha value is -2.47. The number of carbonyl (C=O) groups excluding carboxylic acids is 1. The Labute approximate surface area is 139 Å². The fraction of sp³-hybridized carbons (Fsp3) is 0.235. The van der Waals surface area contributed by atoms with Crippen LogP contribution in [-0.2, 0) is 16.1 Å². The topological polar surface area (TPSA) is 64.1 Å². The van der Waals surface area contributed by atoms with E-state index in [1.54, 1.807) is 24.6 Å². The minimum atomic E-state index is -0.447. The van der Waals surface area contributed by atoms with Gasteiger partial charge in [0.15, 0.2) is 4.77 Å². The fourth-order valence-corrected chi connectivity index (χ4v) is 2.29. The summed E-state index contributed by atoms with van der Waals surface area (Å²) < 4.78 is 7.22. The lowest BCUT2D eigenvalue weighted by atomic mass is 10.1. The molecule has 0 amide bonds. The van der Waals surface area contributed by atoms with Gasteiger partial charge in [-0.2, -0.15) is 0 Å². The molecule has 0 bridgehead atoms. The molecule has 1 aromatic carbocycles. The van der Waals surface area contributed by atoms with Crippen LogP contribution in [0.5, 0.6) is 0 Å². The van der Waals surface area contributed by atoms with E-state index in [1.807, 2.05) is 30.3 Å². The van der Waals surface area contributed by atoms with Gasteiger partial charge < -0.3 is 9.30 Å². The Morgan fingerprint density at radius 1 is 1.39 bits per heavy atom. The summed E-state index contributed by atoms with van der Waals surface area (Å²) in [7, 11) is 0. The molecule has 2 aromatic rings. The highest BCUT2D eigenvalue weighted by atomic mass is 32.1. The van der Waals surface area contributed by atoms with Crippen molar-refractivity contribution in [3.8, 4) is 11.1 Å². The summed E-state index contributed by atoms with van der Waals surface area (Å²) in [5, 5.41) is 0. The lowest BCUT2D eigenvalue weighted by Gasteiger charge is -2.16. The number of hydrogen-bond donors (Lipinski definition) is 1. The molecule has 0 aliphatic rings. The zero-order valence-electron chi connectivity index (χ0n) is 13.0. The quantitative estimate of drug-likeness (QED) is 0.520. The van der Waals surface area contributed by atoms with E-state index in [1.165, 1.54) is 0 Å². The molecule has 0 saturated carbocycles. The Morgan fingerprint density at radius 2 is 2.04 bits per heavy atom. The van der Waals surface area contributed by atoms with Gasteiger partial charge in [-0.3, -0.25) is 9.78 Å². The number of nitrogens with zero attached hydrogens (tertiary/aromatic N) is 1. The van der Waals surface area contributed by atoms with Gasteiger partial charge in [-0.25, -0.2) is 4.79 Å². The van der Waals surface area contributed by atoms with Crippen molar-refractivity contribution in [1.29, 1.82) is 0 Å². The molecule has 0 saturated heterocycles. The van der Waals surface area contributed by atoms with Gasteiger partial charge >= 0.3 is 5.97 Å². The third-order valence-corrected chi connectivity index (χ3v) is 3.54. The Bertz CT molecular complexity index is 837. The van der Waals surface area contributed by atoms with Crippen molar-refractivity contribution >= 4 is 18.2 Å². The fourth-order valence-electron chi connectivity index (χ4n) is 2.07. The van der Waals surface area contributed by atoms with Crippen LogP contribution in [0.1, 0.15) is 13.8 Å². The molecule has 2 rings (SSSR count). The second kappa shape index (κ2) is 7.19. The summed E-state index contributed by atoms with van der Waals surface area (Å²) in [6.07, 6.45) is 1.28. The number of esters is 1. The molecule has 1 aromatic heterocycles.